The molecule has 0 aromatic rings. The van der Waals surface area contributed by atoms with E-state index < -0.39 is 0 Å². The van der Waals surface area contributed by atoms with Gasteiger partial charge >= 0.3 is 0 Å². The van der Waals surface area contributed by atoms with Gasteiger partial charge in [0.05, 0.1) is 11.5 Å². The lowest BCUT2D eigenvalue weighted by Gasteiger charge is -2.06. The Kier molecular flexibility index (Phi) is 5.12. The van der Waals surface area contributed by atoms with Crippen molar-refractivity contribution in [2.45, 2.75) is 33.6 Å². The van der Waals surface area contributed by atoms with Crippen LogP contribution in [-0.4, -0.2) is 0 Å². The fourth-order valence-corrected chi connectivity index (χ4v) is 0.741. The predicted octanol–water partition coefficient (Wildman–Crippen LogP) is 3.45. The van der Waals surface area contributed by atoms with Crippen LogP contribution in [0.1, 0.15) is 33.6 Å². The quantitative estimate of drug-likeness (QED) is 0.582. The third kappa shape index (κ3) is 5.73. The Bertz CT molecular complexity index is 204. The first kappa shape index (κ1) is 11.0. The molecule has 0 heterocycles. The van der Waals surface area contributed by atoms with Gasteiger partial charge in [-0.1, -0.05) is 31.2 Å². The molecule has 0 saturated carbocycles. The standard InChI is InChI=1S/C11H17N/c1-4-5-6-7-8-9-11(2,3)10-12/h5-6,8-9H,4,7H2,1-3H3. The first-order chi connectivity index (χ1) is 5.62. The largest absolute Gasteiger partial charge is 0.197 e. The number of nitrogens with zero attached hydrogens (tertiary/aromatic N) is 1. The average Bonchev–Trinajstić information content (AvgIpc) is 2.04. The van der Waals surface area contributed by atoms with Crippen molar-refractivity contribution >= 4 is 0 Å². The van der Waals surface area contributed by atoms with Crippen molar-refractivity contribution in [3.05, 3.63) is 24.3 Å². The van der Waals surface area contributed by atoms with E-state index in [9.17, 15) is 0 Å². The van der Waals surface area contributed by atoms with Crippen LogP contribution in [0.25, 0.3) is 0 Å². The van der Waals surface area contributed by atoms with Crippen molar-refractivity contribution in [2.24, 2.45) is 5.41 Å². The van der Waals surface area contributed by atoms with Crippen LogP contribution in [0.2, 0.25) is 0 Å². The summed E-state index contributed by atoms with van der Waals surface area (Å²) in [7, 11) is 0. The Morgan fingerprint density at radius 2 is 1.92 bits per heavy atom. The maximum Gasteiger partial charge on any atom is 0.0725 e. The molecule has 1 nitrogen and oxygen atoms in total. The molecule has 0 aliphatic heterocycles. The van der Waals surface area contributed by atoms with Crippen LogP contribution in [0.5, 0.6) is 0 Å². The molecular weight excluding hydrogens is 146 g/mol. The van der Waals surface area contributed by atoms with Gasteiger partial charge in [0, 0.05) is 0 Å². The van der Waals surface area contributed by atoms with Crippen molar-refractivity contribution in [3.63, 3.8) is 0 Å². The van der Waals surface area contributed by atoms with E-state index >= 15 is 0 Å². The van der Waals surface area contributed by atoms with Gasteiger partial charge in [-0.25, -0.2) is 0 Å². The summed E-state index contributed by atoms with van der Waals surface area (Å²) in [6.07, 6.45) is 10.2. The monoisotopic (exact) mass is 163 g/mol. The molecule has 0 bridgehead atoms. The summed E-state index contributed by atoms with van der Waals surface area (Å²) in [6, 6.07) is 2.22. The summed E-state index contributed by atoms with van der Waals surface area (Å²) in [5, 5.41) is 8.68. The minimum atomic E-state index is -0.319. The molecule has 0 N–H and O–H groups in total. The molecule has 66 valence electrons. The van der Waals surface area contributed by atoms with Crippen molar-refractivity contribution < 1.29 is 0 Å². The van der Waals surface area contributed by atoms with Crippen molar-refractivity contribution in [1.82, 2.24) is 0 Å². The zero-order valence-electron chi connectivity index (χ0n) is 8.17. The van der Waals surface area contributed by atoms with E-state index in [4.69, 9.17) is 5.26 Å². The molecule has 1 heteroatoms. The second-order valence-corrected chi connectivity index (χ2v) is 3.35. The molecule has 0 aliphatic rings. The Labute approximate surface area is 75.4 Å². The number of allylic oxidation sites excluding steroid dienone is 4. The van der Waals surface area contributed by atoms with Gasteiger partial charge in [-0.2, -0.15) is 5.26 Å². The first-order valence-corrected chi connectivity index (χ1v) is 4.36. The van der Waals surface area contributed by atoms with E-state index in [1.807, 2.05) is 26.0 Å². The highest BCUT2D eigenvalue weighted by Gasteiger charge is 2.09. The van der Waals surface area contributed by atoms with E-state index in [0.29, 0.717) is 0 Å². The highest BCUT2D eigenvalue weighted by Crippen LogP contribution is 2.14. The number of nitriles is 1. The van der Waals surface area contributed by atoms with Gasteiger partial charge in [-0.15, -0.1) is 0 Å². The lowest BCUT2D eigenvalue weighted by atomic mass is 9.95. The lowest BCUT2D eigenvalue weighted by Crippen LogP contribution is -2.01. The summed E-state index contributed by atoms with van der Waals surface area (Å²) >= 11 is 0. The number of rotatable bonds is 4. The maximum atomic E-state index is 8.68. The third-order valence-corrected chi connectivity index (χ3v) is 1.50. The molecule has 0 aliphatic carbocycles. The van der Waals surface area contributed by atoms with Gasteiger partial charge in [0.1, 0.15) is 0 Å². The van der Waals surface area contributed by atoms with Crippen molar-refractivity contribution in [2.75, 3.05) is 0 Å². The van der Waals surface area contributed by atoms with Crippen LogP contribution >= 0.6 is 0 Å². The Hall–Kier alpha value is -1.03. The van der Waals surface area contributed by atoms with Gasteiger partial charge < -0.3 is 0 Å². The fraction of sp³-hybridized carbons (Fsp3) is 0.545. The fourth-order valence-electron chi connectivity index (χ4n) is 0.741. The molecule has 0 unspecified atom stereocenters. The summed E-state index contributed by atoms with van der Waals surface area (Å²) in [4.78, 5) is 0. The average molecular weight is 163 g/mol. The molecule has 0 radical (unpaired) electrons. The minimum absolute atomic E-state index is 0.319. The molecule has 0 fully saturated rings. The van der Waals surface area contributed by atoms with Crippen LogP contribution in [0.3, 0.4) is 0 Å². The normalized spacial score (nSPS) is 12.5. The molecule has 0 saturated heterocycles. The molecule has 0 spiro atoms. The molecule has 0 amide bonds. The van der Waals surface area contributed by atoms with Gasteiger partial charge in [0.15, 0.2) is 0 Å². The highest BCUT2D eigenvalue weighted by atomic mass is 14.3. The molecule has 0 aromatic heterocycles. The number of hydrogen-bond acceptors (Lipinski definition) is 1. The van der Waals surface area contributed by atoms with Gasteiger partial charge in [0.2, 0.25) is 0 Å². The Balaban J connectivity index is 3.78. The zero-order valence-corrected chi connectivity index (χ0v) is 8.17. The molecule has 0 atom stereocenters. The smallest absolute Gasteiger partial charge is 0.0725 e. The summed E-state index contributed by atoms with van der Waals surface area (Å²) in [5.74, 6) is 0. The highest BCUT2D eigenvalue weighted by molar-refractivity contribution is 5.08. The maximum absolute atomic E-state index is 8.68. The second-order valence-electron chi connectivity index (χ2n) is 3.35. The Morgan fingerprint density at radius 3 is 2.42 bits per heavy atom. The van der Waals surface area contributed by atoms with E-state index in [2.05, 4.69) is 25.1 Å². The molecule has 0 aromatic carbocycles. The number of hydrogen-bond donors (Lipinski definition) is 0. The molecular formula is C11H17N. The first-order valence-electron chi connectivity index (χ1n) is 4.36. The minimum Gasteiger partial charge on any atom is -0.197 e. The van der Waals surface area contributed by atoms with Crippen LogP contribution in [0.4, 0.5) is 0 Å². The van der Waals surface area contributed by atoms with Crippen LogP contribution in [-0.2, 0) is 0 Å². The van der Waals surface area contributed by atoms with Crippen molar-refractivity contribution in [3.8, 4) is 6.07 Å². The zero-order chi connectivity index (χ0) is 9.45. The summed E-state index contributed by atoms with van der Waals surface area (Å²) < 4.78 is 0. The Morgan fingerprint density at radius 1 is 1.25 bits per heavy atom. The second kappa shape index (κ2) is 5.60. The van der Waals surface area contributed by atoms with E-state index in [1.54, 1.807) is 0 Å². The van der Waals surface area contributed by atoms with Gasteiger partial charge in [0.25, 0.3) is 0 Å². The van der Waals surface area contributed by atoms with Crippen LogP contribution in [0, 0.1) is 16.7 Å². The van der Waals surface area contributed by atoms with Crippen molar-refractivity contribution in [1.29, 1.82) is 5.26 Å². The van der Waals surface area contributed by atoms with Gasteiger partial charge in [-0.3, -0.25) is 0 Å². The van der Waals surface area contributed by atoms with E-state index in [-0.39, 0.29) is 5.41 Å². The van der Waals surface area contributed by atoms with E-state index in [1.165, 1.54) is 0 Å². The predicted molar refractivity (Wildman–Crippen MR) is 52.6 cm³/mol. The van der Waals surface area contributed by atoms with Gasteiger partial charge in [-0.05, 0) is 26.7 Å². The van der Waals surface area contributed by atoms with E-state index in [0.717, 1.165) is 12.8 Å². The third-order valence-electron chi connectivity index (χ3n) is 1.50. The summed E-state index contributed by atoms with van der Waals surface area (Å²) in [6.45, 7) is 5.93. The summed E-state index contributed by atoms with van der Waals surface area (Å²) in [5.41, 5.74) is -0.319. The van der Waals surface area contributed by atoms with Crippen LogP contribution < -0.4 is 0 Å². The molecule has 12 heavy (non-hydrogen) atoms. The topological polar surface area (TPSA) is 23.8 Å². The lowest BCUT2D eigenvalue weighted by molar-refractivity contribution is 0.642. The SMILES string of the molecule is CCC=CCC=CC(C)(C)C#N. The molecule has 0 rings (SSSR count). The van der Waals surface area contributed by atoms with Crippen LogP contribution in [0.15, 0.2) is 24.3 Å².